The predicted octanol–water partition coefficient (Wildman–Crippen LogP) is 21.8. The average Bonchev–Trinajstić information content (AvgIpc) is 1.23. The van der Waals surface area contributed by atoms with Gasteiger partial charge in [-0.1, -0.05) is 266 Å². The van der Waals surface area contributed by atoms with Crippen LogP contribution in [-0.2, 0) is 0 Å². The number of para-hydroxylation sites is 1. The molecule has 2 aromatic heterocycles. The van der Waals surface area contributed by atoms with Gasteiger partial charge < -0.3 is 8.83 Å². The maximum atomic E-state index is 9.42. The van der Waals surface area contributed by atoms with Crippen LogP contribution in [0.2, 0.25) is 0 Å². The maximum absolute atomic E-state index is 9.42. The smallest absolute Gasteiger partial charge is 0.143 e. The lowest BCUT2D eigenvalue weighted by Crippen LogP contribution is -1.91. The Morgan fingerprint density at radius 3 is 1.01 bits per heavy atom. The first-order chi connectivity index (χ1) is 58.7. The van der Waals surface area contributed by atoms with Crippen molar-refractivity contribution in [2.45, 2.75) is 0 Å². The Balaban J connectivity index is 0.000000194. The molecule has 16 rings (SSSR count). The van der Waals surface area contributed by atoms with E-state index in [4.69, 9.17) is 58.2 Å². The maximum Gasteiger partial charge on any atom is 0.143 e. The van der Waals surface area contributed by atoms with Crippen LogP contribution in [0.1, 0.15) is 65.8 Å². The first-order valence-electron chi connectivity index (χ1n) is 46.8. The first-order valence-corrected chi connectivity index (χ1v) is 22.8. The van der Waals surface area contributed by atoms with Crippen molar-refractivity contribution >= 4 is 87.0 Å². The highest BCUT2D eigenvalue weighted by atomic mass is 16.3. The van der Waals surface area contributed by atoms with Crippen molar-refractivity contribution in [1.82, 2.24) is 0 Å². The van der Waals surface area contributed by atoms with Gasteiger partial charge >= 0.3 is 0 Å². The van der Waals surface area contributed by atoms with Gasteiger partial charge in [-0.2, -0.15) is 0 Å². The van der Waals surface area contributed by atoms with Crippen LogP contribution in [0, 0.1) is 0 Å². The van der Waals surface area contributed by atoms with Gasteiger partial charge in [0.25, 0.3) is 0 Å². The quantitative estimate of drug-likeness (QED) is 0.155. The van der Waals surface area contributed by atoms with Gasteiger partial charge in [0.2, 0.25) is 0 Å². The van der Waals surface area contributed by atoms with Gasteiger partial charge in [-0.15, -0.1) is 0 Å². The lowest BCUT2D eigenvalue weighted by atomic mass is 9.85. The van der Waals surface area contributed by atoms with Gasteiger partial charge in [-0.05, 0) is 128 Å². The van der Waals surface area contributed by atoms with Gasteiger partial charge in [0.05, 0.1) is 65.8 Å². The molecule has 2 nitrogen and oxygen atoms in total. The van der Waals surface area contributed by atoms with Crippen LogP contribution in [0.3, 0.4) is 0 Å². The fourth-order valence-electron chi connectivity index (χ4n) is 9.35. The molecule has 0 spiro atoms. The second-order valence-corrected chi connectivity index (χ2v) is 16.5. The molecule has 364 valence electrons. The lowest BCUT2D eigenvalue weighted by molar-refractivity contribution is 0.669. The van der Waals surface area contributed by atoms with Gasteiger partial charge in [-0.3, -0.25) is 0 Å². The summed E-state index contributed by atoms with van der Waals surface area (Å²) in [6.07, 6.45) is 0. The number of benzene rings is 14. The van der Waals surface area contributed by atoms with Gasteiger partial charge in [0.1, 0.15) is 22.3 Å². The second kappa shape index (κ2) is 18.8. The van der Waals surface area contributed by atoms with Crippen molar-refractivity contribution < 1.29 is 74.6 Å². The highest BCUT2D eigenvalue weighted by molar-refractivity contribution is 6.28. The van der Waals surface area contributed by atoms with Crippen LogP contribution in [0.15, 0.2) is 299 Å². The van der Waals surface area contributed by atoms with E-state index in [2.05, 4.69) is 0 Å². The third-order valence-corrected chi connectivity index (χ3v) is 12.4. The molecule has 0 unspecified atom stereocenters. The Hall–Kier alpha value is -10.3. The van der Waals surface area contributed by atoms with E-state index >= 15 is 0 Å². The monoisotopic (exact) mass is 1040 g/mol. The van der Waals surface area contributed by atoms with E-state index in [1.165, 1.54) is 0 Å². The number of hydrogen-bond acceptors (Lipinski definition) is 2. The van der Waals surface area contributed by atoms with E-state index in [0.29, 0.717) is 0 Å². The summed E-state index contributed by atoms with van der Waals surface area (Å²) < 4.78 is 434. The van der Waals surface area contributed by atoms with Crippen LogP contribution >= 0.6 is 0 Å². The third-order valence-electron chi connectivity index (χ3n) is 12.4. The van der Waals surface area contributed by atoms with E-state index in [1.54, 1.807) is 0 Å². The van der Waals surface area contributed by atoms with Gasteiger partial charge in [0, 0.05) is 27.1 Å². The Labute approximate surface area is 518 Å². The van der Waals surface area contributed by atoms with E-state index in [9.17, 15) is 16.4 Å². The molecule has 16 aromatic rings. The molecule has 0 aliphatic heterocycles. The van der Waals surface area contributed by atoms with Gasteiger partial charge in [0.15, 0.2) is 0 Å². The van der Waals surface area contributed by atoms with Crippen LogP contribution in [0.5, 0.6) is 0 Å². The summed E-state index contributed by atoms with van der Waals surface area (Å²) in [6, 6.07) is -42.8. The molecule has 0 atom stereocenters. The summed E-state index contributed by atoms with van der Waals surface area (Å²) in [4.78, 5) is 0. The molecule has 0 saturated heterocycles. The SMILES string of the molecule is [2H]c1c([2H])c([2H])c(-c2c([2H])c([2H])c([2H])c3c2oc2c([2H])c([2H])c([2H])c(-c4c5c([2H])c([2H])c([2H])c([2H])c5c(-c5c([2H])c([2H])c([2H])c([2H])c5[2H])c5c([2H])c([2H])c([2H])c([2H])c45)c23)c([2H])c1[2H].[2H]c1c([2H])c([2H])c(-c2c([2H])c([2H])c3c(oc4c([2H])c([2H])c([2H])c(-c5c6c([2H])c([2H])c([2H])c([2H])c6c(-c6c([2H])c([2H])c([2H])c([2H])c6[2H])c6c([2H])c([2H])c([2H])c([2H])c56)c43)c2[2H])c([2H])c1[2H]. The van der Waals surface area contributed by atoms with Crippen LogP contribution in [0.25, 0.3) is 154 Å². The molecule has 0 aliphatic rings. The highest BCUT2D eigenvalue weighted by Gasteiger charge is 2.23. The van der Waals surface area contributed by atoms with Crippen LogP contribution in [-0.4, -0.2) is 0 Å². The standard InChI is InChI=1S/2C38H24O/c1-3-13-25(14-4-1)27-21-11-23-33-37-32(22-12-24-34(37)39-38(27)33)36-30-19-9-7-17-28(30)35(26-15-5-2-6-16-26)29-18-8-10-20-31(29)36;1-3-12-25(13-4-1)27-22-23-32-35(24-27)39-34-21-11-20-33(38(32)34)37-30-18-9-7-16-28(30)36(26-14-5-2-6-15-26)29-17-8-10-19-31(29)37/h2*1-24H/i2*1D,2D,3D,4D,5D,6D,7D,8D,9D,10D,11D,12D,13D,14D,15D,16D,17D,18D,19D,20D,21D,22D,23D,24D. The minimum absolute atomic E-state index is 0.520. The molecule has 0 aliphatic carbocycles. The average molecular weight is 1040 g/mol. The van der Waals surface area contributed by atoms with E-state index in [0.717, 1.165) is 0 Å². The lowest BCUT2D eigenvalue weighted by Gasteiger charge is -2.18. The molecule has 0 fully saturated rings. The fraction of sp³-hybridized carbons (Fsp3) is 0. The largest absolute Gasteiger partial charge is 0.456 e. The van der Waals surface area contributed by atoms with Crippen molar-refractivity contribution in [3.05, 3.63) is 290 Å². The molecule has 2 heteroatoms. The normalized spacial score (nSPS) is 20.2. The second-order valence-electron chi connectivity index (χ2n) is 16.5. The van der Waals surface area contributed by atoms with Gasteiger partial charge in [-0.25, -0.2) is 0 Å². The Bertz CT molecular complexity index is 7640. The zero-order valence-corrected chi connectivity index (χ0v) is 38.8. The van der Waals surface area contributed by atoms with Crippen molar-refractivity contribution in [2.75, 3.05) is 0 Å². The van der Waals surface area contributed by atoms with E-state index in [1.807, 2.05) is 0 Å². The van der Waals surface area contributed by atoms with Crippen molar-refractivity contribution in [3.63, 3.8) is 0 Å². The summed E-state index contributed by atoms with van der Waals surface area (Å²) in [7, 11) is 0. The number of furan rings is 2. The van der Waals surface area contributed by atoms with E-state index in [-0.39, 0.29) is 0 Å². The topological polar surface area (TPSA) is 26.3 Å². The first kappa shape index (κ1) is 17.9. The zero-order valence-electron chi connectivity index (χ0n) is 86.8. The molecule has 0 amide bonds. The Morgan fingerprint density at radius 1 is 0.205 bits per heavy atom. The van der Waals surface area contributed by atoms with E-state index < -0.39 is 444 Å². The third kappa shape index (κ3) is 7.41. The van der Waals surface area contributed by atoms with Crippen molar-refractivity contribution in [3.8, 4) is 66.8 Å². The number of rotatable bonds is 6. The zero-order chi connectivity index (χ0) is 93.3. The van der Waals surface area contributed by atoms with Crippen molar-refractivity contribution in [2.24, 2.45) is 0 Å². The minimum Gasteiger partial charge on any atom is -0.456 e. The molecule has 0 N–H and O–H groups in total. The Kier molecular flexibility index (Phi) is 4.32. The summed E-state index contributed by atoms with van der Waals surface area (Å²) in [6.45, 7) is 0. The van der Waals surface area contributed by atoms with Crippen molar-refractivity contribution in [1.29, 1.82) is 0 Å². The van der Waals surface area contributed by atoms with Crippen LogP contribution in [0.4, 0.5) is 0 Å². The highest BCUT2D eigenvalue weighted by Crippen LogP contribution is 2.49. The molecule has 0 bridgehead atoms. The fourth-order valence-corrected chi connectivity index (χ4v) is 9.35. The Morgan fingerprint density at radius 2 is 0.551 bits per heavy atom. The summed E-state index contributed by atoms with van der Waals surface area (Å²) in [5.74, 6) is 0. The summed E-state index contributed by atoms with van der Waals surface area (Å²) >= 11 is 0. The predicted molar refractivity (Wildman–Crippen MR) is 330 cm³/mol. The molecule has 2 heterocycles. The molecule has 14 aromatic carbocycles. The van der Waals surface area contributed by atoms with Crippen LogP contribution < -0.4 is 0 Å². The molecule has 78 heavy (non-hydrogen) atoms. The molecular weight excluding hydrogens is 945 g/mol. The summed E-state index contributed by atoms with van der Waals surface area (Å²) in [5.41, 5.74) is -10.5. The summed E-state index contributed by atoms with van der Waals surface area (Å²) in [5, 5.41) is -7.39. The minimum atomic E-state index is -0.946. The number of fused-ring (bicyclic) bond motifs is 10. The molecule has 0 saturated carbocycles. The molecular formula is C76H48O2. The molecule has 0 radical (unpaired) electrons. The number of hydrogen-bond donors (Lipinski definition) is 0.